The summed E-state index contributed by atoms with van der Waals surface area (Å²) in [6.07, 6.45) is 3.18. The van der Waals surface area contributed by atoms with Crippen LogP contribution in [0.1, 0.15) is 0 Å². The summed E-state index contributed by atoms with van der Waals surface area (Å²) in [5.41, 5.74) is 0.883. The van der Waals surface area contributed by atoms with Crippen LogP contribution in [0.3, 0.4) is 0 Å². The number of carbonyl (C=O) groups is 1. The summed E-state index contributed by atoms with van der Waals surface area (Å²) in [6, 6.07) is 13.5. The van der Waals surface area contributed by atoms with Crippen LogP contribution in [0.25, 0.3) is 0 Å². The molecule has 0 spiro atoms. The number of aromatic nitrogens is 1. The Bertz CT molecular complexity index is 577. The number of pyridine rings is 1. The standard InChI is InChI=1S/C15H14N2O2S/c18-15-17(12-4-2-1-3-5-12)10-13(19-15)11-20-14-6-8-16-9-7-14/h1-9,13H,10-11H2/t13-/m1/s1. The number of hydrogen-bond donors (Lipinski definition) is 0. The van der Waals surface area contributed by atoms with Gasteiger partial charge in [0, 0.05) is 28.7 Å². The molecule has 1 aliphatic rings. The molecule has 3 rings (SSSR count). The molecule has 1 fully saturated rings. The highest BCUT2D eigenvalue weighted by Crippen LogP contribution is 2.25. The molecular formula is C15H14N2O2S. The van der Waals surface area contributed by atoms with Crippen molar-refractivity contribution in [1.82, 2.24) is 4.98 Å². The van der Waals surface area contributed by atoms with Crippen molar-refractivity contribution in [2.45, 2.75) is 11.0 Å². The second-order valence-electron chi connectivity index (χ2n) is 4.45. The van der Waals surface area contributed by atoms with Crippen LogP contribution in [-0.4, -0.2) is 29.5 Å². The van der Waals surface area contributed by atoms with Crippen molar-refractivity contribution in [3.8, 4) is 0 Å². The lowest BCUT2D eigenvalue weighted by atomic mass is 10.3. The minimum atomic E-state index is -0.267. The van der Waals surface area contributed by atoms with Gasteiger partial charge in [0.25, 0.3) is 0 Å². The van der Waals surface area contributed by atoms with E-state index in [2.05, 4.69) is 4.98 Å². The van der Waals surface area contributed by atoms with Gasteiger partial charge in [0.15, 0.2) is 0 Å². The SMILES string of the molecule is O=C1O[C@@H](CSc2ccncc2)CN1c1ccccc1. The van der Waals surface area contributed by atoms with Crippen LogP contribution < -0.4 is 4.90 Å². The first-order chi connectivity index (χ1) is 9.83. The van der Waals surface area contributed by atoms with Gasteiger partial charge >= 0.3 is 6.09 Å². The van der Waals surface area contributed by atoms with E-state index in [0.717, 1.165) is 16.3 Å². The third-order valence-electron chi connectivity index (χ3n) is 3.03. The van der Waals surface area contributed by atoms with E-state index >= 15 is 0 Å². The van der Waals surface area contributed by atoms with E-state index in [-0.39, 0.29) is 12.2 Å². The quantitative estimate of drug-likeness (QED) is 0.809. The molecule has 2 heterocycles. The number of thioether (sulfide) groups is 1. The Morgan fingerprint density at radius 1 is 1.20 bits per heavy atom. The molecule has 0 radical (unpaired) electrons. The number of nitrogens with zero attached hydrogens (tertiary/aromatic N) is 2. The summed E-state index contributed by atoms with van der Waals surface area (Å²) < 4.78 is 5.40. The van der Waals surface area contributed by atoms with Gasteiger partial charge in [0.05, 0.1) is 6.54 Å². The van der Waals surface area contributed by atoms with Crippen LogP contribution >= 0.6 is 11.8 Å². The highest BCUT2D eigenvalue weighted by Gasteiger charge is 2.32. The molecule has 20 heavy (non-hydrogen) atoms. The zero-order chi connectivity index (χ0) is 13.8. The summed E-state index contributed by atoms with van der Waals surface area (Å²) in [6.45, 7) is 0.598. The monoisotopic (exact) mass is 286 g/mol. The Morgan fingerprint density at radius 3 is 2.70 bits per heavy atom. The minimum Gasteiger partial charge on any atom is -0.443 e. The van der Waals surface area contributed by atoms with Gasteiger partial charge in [-0.15, -0.1) is 11.8 Å². The summed E-state index contributed by atoms with van der Waals surface area (Å²) >= 11 is 1.67. The summed E-state index contributed by atoms with van der Waals surface area (Å²) in [7, 11) is 0. The van der Waals surface area contributed by atoms with Crippen LogP contribution in [0, 0.1) is 0 Å². The lowest BCUT2D eigenvalue weighted by Gasteiger charge is -2.12. The Hall–Kier alpha value is -2.01. The maximum Gasteiger partial charge on any atom is 0.414 e. The van der Waals surface area contributed by atoms with Gasteiger partial charge in [-0.3, -0.25) is 9.88 Å². The van der Waals surface area contributed by atoms with E-state index < -0.39 is 0 Å². The molecule has 102 valence electrons. The summed E-state index contributed by atoms with van der Waals surface area (Å²) in [4.78, 5) is 18.7. The molecule has 1 atom stereocenters. The largest absolute Gasteiger partial charge is 0.443 e. The lowest BCUT2D eigenvalue weighted by Crippen LogP contribution is -2.24. The average molecular weight is 286 g/mol. The second kappa shape index (κ2) is 5.96. The minimum absolute atomic E-state index is 0.0825. The Labute approximate surface area is 121 Å². The van der Waals surface area contributed by atoms with Crippen LogP contribution in [0.2, 0.25) is 0 Å². The molecule has 1 aromatic carbocycles. The molecule has 0 aliphatic carbocycles. The van der Waals surface area contributed by atoms with Crippen LogP contribution in [-0.2, 0) is 4.74 Å². The van der Waals surface area contributed by atoms with Crippen LogP contribution in [0.15, 0.2) is 59.8 Å². The summed E-state index contributed by atoms with van der Waals surface area (Å²) in [5, 5.41) is 0. The van der Waals surface area contributed by atoms with Crippen LogP contribution in [0.4, 0.5) is 10.5 Å². The Morgan fingerprint density at radius 2 is 1.95 bits per heavy atom. The van der Waals surface area contributed by atoms with Gasteiger partial charge in [-0.05, 0) is 24.3 Å². The molecule has 0 saturated carbocycles. The van der Waals surface area contributed by atoms with Crippen molar-refractivity contribution in [1.29, 1.82) is 0 Å². The van der Waals surface area contributed by atoms with Crippen molar-refractivity contribution < 1.29 is 9.53 Å². The maximum absolute atomic E-state index is 11.9. The lowest BCUT2D eigenvalue weighted by molar-refractivity contribution is 0.151. The smallest absolute Gasteiger partial charge is 0.414 e. The maximum atomic E-state index is 11.9. The van der Waals surface area contributed by atoms with E-state index in [9.17, 15) is 4.79 Å². The normalized spacial score (nSPS) is 18.1. The fourth-order valence-electron chi connectivity index (χ4n) is 2.05. The van der Waals surface area contributed by atoms with Gasteiger partial charge < -0.3 is 4.74 Å². The number of ether oxygens (including phenoxy) is 1. The first kappa shape index (κ1) is 13.0. The Balaban J connectivity index is 1.60. The molecule has 0 N–H and O–H groups in total. The number of hydrogen-bond acceptors (Lipinski definition) is 4. The van der Waals surface area contributed by atoms with Gasteiger partial charge in [-0.1, -0.05) is 18.2 Å². The number of anilines is 1. The van der Waals surface area contributed by atoms with Crippen molar-refractivity contribution in [3.63, 3.8) is 0 Å². The van der Waals surface area contributed by atoms with E-state index in [1.54, 1.807) is 29.1 Å². The van der Waals surface area contributed by atoms with E-state index in [4.69, 9.17) is 4.74 Å². The predicted molar refractivity (Wildman–Crippen MR) is 79.0 cm³/mol. The molecular weight excluding hydrogens is 272 g/mol. The van der Waals surface area contributed by atoms with E-state index in [1.165, 1.54) is 0 Å². The van der Waals surface area contributed by atoms with Gasteiger partial charge in [0.1, 0.15) is 6.10 Å². The zero-order valence-corrected chi connectivity index (χ0v) is 11.6. The van der Waals surface area contributed by atoms with Crippen molar-refractivity contribution in [3.05, 3.63) is 54.9 Å². The molecule has 0 bridgehead atoms. The fourth-order valence-corrected chi connectivity index (χ4v) is 2.92. The van der Waals surface area contributed by atoms with Gasteiger partial charge in [-0.25, -0.2) is 4.79 Å². The molecule has 1 saturated heterocycles. The Kier molecular flexibility index (Phi) is 3.87. The van der Waals surface area contributed by atoms with E-state index in [0.29, 0.717) is 6.54 Å². The molecule has 1 aliphatic heterocycles. The first-order valence-corrected chi connectivity index (χ1v) is 7.37. The van der Waals surface area contributed by atoms with Crippen molar-refractivity contribution in [2.75, 3.05) is 17.2 Å². The molecule has 1 aromatic heterocycles. The molecule has 1 amide bonds. The topological polar surface area (TPSA) is 42.4 Å². The predicted octanol–water partition coefficient (Wildman–Crippen LogP) is 3.20. The van der Waals surface area contributed by atoms with Gasteiger partial charge in [-0.2, -0.15) is 0 Å². The second-order valence-corrected chi connectivity index (χ2v) is 5.54. The highest BCUT2D eigenvalue weighted by atomic mass is 32.2. The molecule has 0 unspecified atom stereocenters. The van der Waals surface area contributed by atoms with Crippen molar-refractivity contribution in [2.24, 2.45) is 0 Å². The number of carbonyl (C=O) groups excluding carboxylic acids is 1. The van der Waals surface area contributed by atoms with Crippen molar-refractivity contribution >= 4 is 23.5 Å². The number of rotatable bonds is 4. The first-order valence-electron chi connectivity index (χ1n) is 6.39. The van der Waals surface area contributed by atoms with E-state index in [1.807, 2.05) is 42.5 Å². The average Bonchev–Trinajstić information content (AvgIpc) is 2.88. The molecule has 2 aromatic rings. The third kappa shape index (κ3) is 2.93. The zero-order valence-electron chi connectivity index (χ0n) is 10.8. The number of cyclic esters (lactones) is 1. The molecule has 5 heteroatoms. The molecule has 4 nitrogen and oxygen atoms in total. The van der Waals surface area contributed by atoms with Crippen LogP contribution in [0.5, 0.6) is 0 Å². The number of para-hydroxylation sites is 1. The highest BCUT2D eigenvalue weighted by molar-refractivity contribution is 7.99. The summed E-state index contributed by atoms with van der Waals surface area (Å²) in [5.74, 6) is 0.749. The number of benzene rings is 1. The van der Waals surface area contributed by atoms with Gasteiger partial charge in [0.2, 0.25) is 0 Å². The fraction of sp³-hybridized carbons (Fsp3) is 0.200. The third-order valence-corrected chi connectivity index (χ3v) is 4.17. The number of amides is 1.